The molecule has 1 saturated heterocycles. The average Bonchev–Trinajstić information content (AvgIpc) is 2.72. The fourth-order valence-corrected chi connectivity index (χ4v) is 4.14. The topological polar surface area (TPSA) is 75.6 Å². The number of thioether (sulfide) groups is 1. The molecule has 0 aliphatic carbocycles. The van der Waals surface area contributed by atoms with Gasteiger partial charge < -0.3 is 15.2 Å². The lowest BCUT2D eigenvalue weighted by Crippen LogP contribution is -2.44. The molecule has 1 fully saturated rings. The van der Waals surface area contributed by atoms with Gasteiger partial charge in [0.15, 0.2) is 0 Å². The van der Waals surface area contributed by atoms with E-state index >= 15 is 0 Å². The van der Waals surface area contributed by atoms with Gasteiger partial charge in [-0.25, -0.2) is 4.79 Å². The lowest BCUT2D eigenvalue weighted by molar-refractivity contribution is 0.0697. The Morgan fingerprint density at radius 2 is 1.59 bits per heavy atom. The summed E-state index contributed by atoms with van der Waals surface area (Å²) in [7, 11) is 0. The summed E-state index contributed by atoms with van der Waals surface area (Å²) < 4.78 is 5.44. The molecule has 6 heteroatoms. The molecule has 0 atom stereocenters. The largest absolute Gasteiger partial charge is 0.478 e. The molecule has 27 heavy (non-hydrogen) atoms. The summed E-state index contributed by atoms with van der Waals surface area (Å²) in [6.07, 6.45) is 3.87. The van der Waals surface area contributed by atoms with Crippen LogP contribution in [0.2, 0.25) is 0 Å². The maximum atomic E-state index is 12.9. The van der Waals surface area contributed by atoms with E-state index < -0.39 is 5.97 Å². The fourth-order valence-electron chi connectivity index (χ4n) is 3.35. The van der Waals surface area contributed by atoms with Crippen LogP contribution in [0.15, 0.2) is 48.5 Å². The van der Waals surface area contributed by atoms with Gasteiger partial charge in [0, 0.05) is 30.1 Å². The molecule has 2 N–H and O–H groups in total. The van der Waals surface area contributed by atoms with Gasteiger partial charge in [0.05, 0.1) is 5.56 Å². The number of carbonyl (C=O) groups excluding carboxylic acids is 1. The van der Waals surface area contributed by atoms with Gasteiger partial charge in [0.2, 0.25) is 0 Å². The highest BCUT2D eigenvalue weighted by atomic mass is 32.2. The van der Waals surface area contributed by atoms with Gasteiger partial charge in [0.1, 0.15) is 0 Å². The van der Waals surface area contributed by atoms with Crippen LogP contribution in [-0.4, -0.2) is 47.7 Å². The van der Waals surface area contributed by atoms with Crippen molar-refractivity contribution in [3.05, 3.63) is 59.7 Å². The van der Waals surface area contributed by atoms with Crippen LogP contribution in [-0.2, 0) is 4.74 Å². The van der Waals surface area contributed by atoms with Crippen molar-refractivity contribution in [3.63, 3.8) is 0 Å². The molecule has 0 radical (unpaired) electrons. The van der Waals surface area contributed by atoms with Gasteiger partial charge >= 0.3 is 5.97 Å². The highest BCUT2D eigenvalue weighted by Gasteiger charge is 2.32. The summed E-state index contributed by atoms with van der Waals surface area (Å²) in [6, 6.07) is 13.9. The van der Waals surface area contributed by atoms with Crippen LogP contribution >= 0.6 is 11.8 Å². The molecule has 1 heterocycles. The third kappa shape index (κ3) is 4.34. The second-order valence-electron chi connectivity index (χ2n) is 6.58. The zero-order chi connectivity index (χ0) is 19.3. The van der Waals surface area contributed by atoms with Crippen molar-refractivity contribution in [3.8, 4) is 11.1 Å². The van der Waals surface area contributed by atoms with E-state index in [1.54, 1.807) is 54.2 Å². The molecule has 1 aliphatic heterocycles. The van der Waals surface area contributed by atoms with Crippen molar-refractivity contribution < 1.29 is 19.4 Å². The first kappa shape index (κ1) is 19.5. The number of carbonyl (C=O) groups is 2. The Bertz CT molecular complexity index is 830. The maximum absolute atomic E-state index is 12.9. The van der Waals surface area contributed by atoms with E-state index in [2.05, 4.69) is 11.6 Å². The molecular formula is C21H23NO4S. The number of aromatic carboxylic acids is 1. The molecule has 0 bridgehead atoms. The van der Waals surface area contributed by atoms with E-state index in [-0.39, 0.29) is 16.2 Å². The Morgan fingerprint density at radius 1 is 1.04 bits per heavy atom. The van der Waals surface area contributed by atoms with Crippen LogP contribution in [0.5, 0.6) is 0 Å². The van der Waals surface area contributed by atoms with E-state index in [1.165, 1.54) is 0 Å². The number of nitrogens with one attached hydrogen (secondary N) is 1. The summed E-state index contributed by atoms with van der Waals surface area (Å²) in [6.45, 7) is 1.98. The number of carboxylic acid groups (broad SMARTS) is 1. The molecule has 142 valence electrons. The van der Waals surface area contributed by atoms with E-state index in [1.807, 2.05) is 6.07 Å². The number of benzene rings is 2. The van der Waals surface area contributed by atoms with Crippen LogP contribution in [0, 0.1) is 0 Å². The second kappa shape index (κ2) is 8.59. The molecule has 2 aromatic rings. The van der Waals surface area contributed by atoms with E-state index in [4.69, 9.17) is 4.74 Å². The smallest absolute Gasteiger partial charge is 0.336 e. The van der Waals surface area contributed by atoms with Gasteiger partial charge in [-0.1, -0.05) is 36.4 Å². The zero-order valence-corrected chi connectivity index (χ0v) is 16.1. The second-order valence-corrected chi connectivity index (χ2v) is 7.85. The Kier molecular flexibility index (Phi) is 6.19. The fraction of sp³-hybridized carbons (Fsp3) is 0.333. The minimum absolute atomic E-state index is 0.0121. The molecule has 3 rings (SSSR count). The first-order chi connectivity index (χ1) is 13.1. The molecule has 5 nitrogen and oxygen atoms in total. The molecule has 1 aliphatic rings. The number of rotatable bonds is 6. The van der Waals surface area contributed by atoms with Crippen molar-refractivity contribution in [2.45, 2.75) is 17.6 Å². The number of hydrogen-bond donors (Lipinski definition) is 2. The predicted octanol–water partition coefficient (Wildman–Crippen LogP) is 3.69. The predicted molar refractivity (Wildman–Crippen MR) is 107 cm³/mol. The van der Waals surface area contributed by atoms with Gasteiger partial charge in [-0.05, 0) is 42.4 Å². The maximum Gasteiger partial charge on any atom is 0.336 e. The normalized spacial score (nSPS) is 15.9. The SMILES string of the molecule is CSC1(CNC(=O)c2ccccc2-c2ccccc2C(=O)O)CCOCC1. The summed E-state index contributed by atoms with van der Waals surface area (Å²) >= 11 is 1.76. The number of amides is 1. The Labute approximate surface area is 163 Å². The molecule has 0 saturated carbocycles. The molecule has 1 amide bonds. The molecule has 0 aromatic heterocycles. The van der Waals surface area contributed by atoms with Crippen LogP contribution in [0.25, 0.3) is 11.1 Å². The van der Waals surface area contributed by atoms with Gasteiger partial charge in [-0.15, -0.1) is 0 Å². The molecule has 0 spiro atoms. The van der Waals surface area contributed by atoms with E-state index in [9.17, 15) is 14.7 Å². The first-order valence-corrected chi connectivity index (χ1v) is 10.1. The lowest BCUT2D eigenvalue weighted by atomic mass is 9.94. The van der Waals surface area contributed by atoms with E-state index in [0.29, 0.717) is 36.4 Å². The van der Waals surface area contributed by atoms with Gasteiger partial charge in [0.25, 0.3) is 5.91 Å². The Balaban J connectivity index is 1.86. The van der Waals surface area contributed by atoms with Crippen molar-refractivity contribution in [1.29, 1.82) is 0 Å². The quantitative estimate of drug-likeness (QED) is 0.793. The number of carboxylic acids is 1. The zero-order valence-electron chi connectivity index (χ0n) is 15.2. The summed E-state index contributed by atoms with van der Waals surface area (Å²) in [5.41, 5.74) is 1.83. The monoisotopic (exact) mass is 385 g/mol. The molecular weight excluding hydrogens is 362 g/mol. The summed E-state index contributed by atoms with van der Waals surface area (Å²) in [4.78, 5) is 24.5. The highest BCUT2D eigenvalue weighted by molar-refractivity contribution is 8.00. The lowest BCUT2D eigenvalue weighted by Gasteiger charge is -2.35. The van der Waals surface area contributed by atoms with Crippen molar-refractivity contribution in [2.75, 3.05) is 26.0 Å². The summed E-state index contributed by atoms with van der Waals surface area (Å²) in [5, 5.41) is 12.5. The van der Waals surface area contributed by atoms with Crippen molar-refractivity contribution in [1.82, 2.24) is 5.32 Å². The van der Waals surface area contributed by atoms with Crippen molar-refractivity contribution >= 4 is 23.6 Å². The number of ether oxygens (including phenoxy) is 1. The third-order valence-corrected chi connectivity index (χ3v) is 6.45. The van der Waals surface area contributed by atoms with Crippen molar-refractivity contribution in [2.24, 2.45) is 0 Å². The third-order valence-electron chi connectivity index (χ3n) is 5.03. The minimum Gasteiger partial charge on any atom is -0.478 e. The molecule has 0 unspecified atom stereocenters. The standard InChI is InChI=1S/C21H23NO4S/c1-27-21(10-12-26-13-11-21)14-22-19(23)17-8-4-2-6-15(17)16-7-3-5-9-18(16)20(24)25/h2-9H,10-14H2,1H3,(H,22,23)(H,24,25). The number of hydrogen-bond acceptors (Lipinski definition) is 4. The average molecular weight is 385 g/mol. The minimum atomic E-state index is -1.01. The van der Waals surface area contributed by atoms with Gasteiger partial charge in [-0.2, -0.15) is 11.8 Å². The van der Waals surface area contributed by atoms with Crippen LogP contribution in [0.3, 0.4) is 0 Å². The van der Waals surface area contributed by atoms with Gasteiger partial charge in [-0.3, -0.25) is 4.79 Å². The Morgan fingerprint density at radius 3 is 2.19 bits per heavy atom. The van der Waals surface area contributed by atoms with Crippen LogP contribution in [0.4, 0.5) is 0 Å². The Hall–Kier alpha value is -2.31. The summed E-state index contributed by atoms with van der Waals surface area (Å²) in [5.74, 6) is -1.20. The van der Waals surface area contributed by atoms with Crippen LogP contribution < -0.4 is 5.32 Å². The molecule has 2 aromatic carbocycles. The van der Waals surface area contributed by atoms with E-state index in [0.717, 1.165) is 12.8 Å². The highest BCUT2D eigenvalue weighted by Crippen LogP contribution is 2.33. The van der Waals surface area contributed by atoms with Crippen LogP contribution in [0.1, 0.15) is 33.6 Å². The first-order valence-electron chi connectivity index (χ1n) is 8.89.